The number of amides is 1. The molecular weight excluding hydrogens is 599 g/mol. The number of halogens is 2. The Labute approximate surface area is 249 Å². The molecule has 0 spiro atoms. The summed E-state index contributed by atoms with van der Waals surface area (Å²) in [7, 11) is -0.720. The first-order valence-electron chi connectivity index (χ1n) is 12.6. The van der Waals surface area contributed by atoms with Gasteiger partial charge in [0.2, 0.25) is 10.0 Å². The number of nitrogens with zero attached hydrogens (tertiary/aromatic N) is 3. The van der Waals surface area contributed by atoms with E-state index in [0.717, 1.165) is 20.8 Å². The van der Waals surface area contributed by atoms with Gasteiger partial charge in [0.15, 0.2) is 5.65 Å². The average Bonchev–Trinajstić information content (AvgIpc) is 3.56. The van der Waals surface area contributed by atoms with Crippen LogP contribution in [0.15, 0.2) is 77.3 Å². The molecule has 0 saturated heterocycles. The van der Waals surface area contributed by atoms with Crippen molar-refractivity contribution in [2.45, 2.75) is 0 Å². The largest absolute Gasteiger partial charge is 0.455 e. The number of rotatable bonds is 6. The van der Waals surface area contributed by atoms with Crippen molar-refractivity contribution in [1.82, 2.24) is 15.3 Å². The molecule has 0 atom stereocenters. The Bertz CT molecular complexity index is 2130. The first-order chi connectivity index (χ1) is 20.0. The predicted octanol–water partition coefficient (Wildman–Crippen LogP) is 6.99. The molecule has 6 aromatic rings. The average molecular weight is 621 g/mol. The van der Waals surface area contributed by atoms with E-state index in [1.54, 1.807) is 24.4 Å². The first kappa shape index (κ1) is 27.8. The molecule has 0 aliphatic rings. The Morgan fingerprint density at radius 3 is 2.50 bits per heavy atom. The summed E-state index contributed by atoms with van der Waals surface area (Å²) in [4.78, 5) is 22.1. The van der Waals surface area contributed by atoms with E-state index in [9.17, 15) is 17.6 Å². The smallest absolute Gasteiger partial charge is 0.255 e. The third kappa shape index (κ3) is 5.00. The number of carbonyl (C=O) groups is 1. The minimum absolute atomic E-state index is 0.240. The molecule has 3 aromatic heterocycles. The molecule has 1 amide bonds. The summed E-state index contributed by atoms with van der Waals surface area (Å²) in [6, 6.07) is 18.3. The van der Waals surface area contributed by atoms with E-state index in [-0.39, 0.29) is 11.3 Å². The van der Waals surface area contributed by atoms with Crippen LogP contribution in [0.5, 0.6) is 0 Å². The number of aromatic nitrogens is 2. The molecule has 0 fully saturated rings. The summed E-state index contributed by atoms with van der Waals surface area (Å²) in [6.07, 6.45) is 2.65. The van der Waals surface area contributed by atoms with Gasteiger partial charge < -0.3 is 9.73 Å². The summed E-state index contributed by atoms with van der Waals surface area (Å²) in [5.41, 5.74) is 4.01. The lowest BCUT2D eigenvalue weighted by molar-refractivity contribution is 0.0964. The molecule has 3 heterocycles. The maximum absolute atomic E-state index is 13.7. The number of hydrogen-bond acceptors (Lipinski definition) is 7. The van der Waals surface area contributed by atoms with E-state index < -0.39 is 21.7 Å². The fourth-order valence-electron chi connectivity index (χ4n) is 4.70. The number of pyridine rings is 1. The second kappa shape index (κ2) is 10.5. The number of furan rings is 1. The second-order valence-corrected chi connectivity index (χ2v) is 13.0. The number of hydrogen-bond donors (Lipinski definition) is 1. The van der Waals surface area contributed by atoms with Gasteiger partial charge in [-0.15, -0.1) is 11.3 Å². The number of nitrogens with one attached hydrogen (secondary N) is 1. The summed E-state index contributed by atoms with van der Waals surface area (Å²) < 4.78 is 47.3. The number of fused-ring (bicyclic) bond motifs is 2. The van der Waals surface area contributed by atoms with Gasteiger partial charge in [0.25, 0.3) is 5.91 Å². The van der Waals surface area contributed by atoms with Crippen LogP contribution in [0.4, 0.5) is 10.1 Å². The topological polar surface area (TPSA) is 105 Å². The van der Waals surface area contributed by atoms with E-state index in [2.05, 4.69) is 15.3 Å². The molecule has 42 heavy (non-hydrogen) atoms. The third-order valence-corrected chi connectivity index (χ3v) is 9.28. The zero-order valence-electron chi connectivity index (χ0n) is 22.5. The van der Waals surface area contributed by atoms with Crippen LogP contribution >= 0.6 is 22.9 Å². The molecular formula is C30H22ClFN4O4S2. The number of carbonyl (C=O) groups excluding carboxylic acids is 1. The molecule has 8 nitrogen and oxygen atoms in total. The van der Waals surface area contributed by atoms with Crippen molar-refractivity contribution in [3.63, 3.8) is 0 Å². The quantitative estimate of drug-likeness (QED) is 0.215. The van der Waals surface area contributed by atoms with Crippen LogP contribution in [-0.4, -0.2) is 44.6 Å². The van der Waals surface area contributed by atoms with E-state index in [4.69, 9.17) is 16.0 Å². The Kier molecular flexibility index (Phi) is 6.96. The fourth-order valence-corrected chi connectivity index (χ4v) is 6.39. The Morgan fingerprint density at radius 1 is 1.05 bits per heavy atom. The third-order valence-electron chi connectivity index (χ3n) is 6.84. The fraction of sp³-hybridized carbons (Fsp3) is 0.100. The second-order valence-electron chi connectivity index (χ2n) is 9.56. The van der Waals surface area contributed by atoms with Crippen LogP contribution < -0.4 is 9.62 Å². The van der Waals surface area contributed by atoms with Gasteiger partial charge >= 0.3 is 0 Å². The van der Waals surface area contributed by atoms with Crippen molar-refractivity contribution in [1.29, 1.82) is 0 Å². The molecule has 0 unspecified atom stereocenters. The van der Waals surface area contributed by atoms with Gasteiger partial charge in [-0.05, 0) is 48.0 Å². The highest BCUT2D eigenvalue weighted by Gasteiger charge is 2.26. The zero-order valence-corrected chi connectivity index (χ0v) is 24.9. The van der Waals surface area contributed by atoms with Gasteiger partial charge in [0.05, 0.1) is 27.2 Å². The lowest BCUT2D eigenvalue weighted by Crippen LogP contribution is -2.25. The van der Waals surface area contributed by atoms with Gasteiger partial charge in [-0.25, -0.2) is 22.8 Å². The molecule has 0 radical (unpaired) electrons. The van der Waals surface area contributed by atoms with E-state index in [1.165, 1.54) is 49.7 Å². The molecule has 0 bridgehead atoms. The lowest BCUT2D eigenvalue weighted by Gasteiger charge is -2.21. The number of anilines is 1. The summed E-state index contributed by atoms with van der Waals surface area (Å²) >= 11 is 7.55. The normalized spacial score (nSPS) is 11.7. The van der Waals surface area contributed by atoms with Crippen molar-refractivity contribution >= 4 is 65.9 Å². The molecule has 0 saturated carbocycles. The highest BCUT2D eigenvalue weighted by Crippen LogP contribution is 2.42. The number of thiazole rings is 1. The van der Waals surface area contributed by atoms with E-state index in [1.807, 2.05) is 24.3 Å². The molecule has 212 valence electrons. The highest BCUT2D eigenvalue weighted by molar-refractivity contribution is 7.92. The maximum atomic E-state index is 13.7. The van der Waals surface area contributed by atoms with Gasteiger partial charge in [0.1, 0.15) is 22.2 Å². The molecule has 3 aromatic carbocycles. The van der Waals surface area contributed by atoms with Gasteiger partial charge in [-0.2, -0.15) is 0 Å². The molecule has 0 aliphatic heterocycles. The van der Waals surface area contributed by atoms with Gasteiger partial charge in [0, 0.05) is 48.4 Å². The monoisotopic (exact) mass is 620 g/mol. The van der Waals surface area contributed by atoms with Crippen LogP contribution in [0, 0.1) is 5.82 Å². The van der Waals surface area contributed by atoms with Crippen molar-refractivity contribution < 1.29 is 22.0 Å². The van der Waals surface area contributed by atoms with Gasteiger partial charge in [-0.1, -0.05) is 29.8 Å². The van der Waals surface area contributed by atoms with Crippen molar-refractivity contribution in [2.24, 2.45) is 0 Å². The van der Waals surface area contributed by atoms with Crippen LogP contribution in [0.1, 0.15) is 10.4 Å². The Morgan fingerprint density at radius 2 is 1.79 bits per heavy atom. The zero-order chi connectivity index (χ0) is 29.8. The number of benzene rings is 3. The molecule has 1 N–H and O–H groups in total. The summed E-state index contributed by atoms with van der Waals surface area (Å²) in [6.45, 7) is 0. The van der Waals surface area contributed by atoms with Crippen molar-refractivity contribution in [3.05, 3.63) is 89.3 Å². The van der Waals surface area contributed by atoms with Crippen molar-refractivity contribution in [3.8, 4) is 33.0 Å². The minimum Gasteiger partial charge on any atom is -0.455 e. The minimum atomic E-state index is -3.68. The summed E-state index contributed by atoms with van der Waals surface area (Å²) in [5, 5.41) is 4.35. The van der Waals surface area contributed by atoms with E-state index >= 15 is 0 Å². The van der Waals surface area contributed by atoms with Gasteiger partial charge in [-0.3, -0.25) is 9.10 Å². The Balaban J connectivity index is 1.60. The Hall–Kier alpha value is -4.32. The standard InChI is InChI=1S/C30H22ClFN4O4S2/c1-33-29(37)26-22-13-21(17-5-4-6-18(11-17)30-35-28-25(41-30)12-19(31)15-34-28)23(36(2)42(3,38)39)14-24(22)40-27(26)16-7-9-20(32)10-8-16/h4-15H,1-3H3,(H,33,37). The van der Waals surface area contributed by atoms with Crippen LogP contribution in [0.3, 0.4) is 0 Å². The van der Waals surface area contributed by atoms with E-state index in [0.29, 0.717) is 49.0 Å². The molecule has 0 aliphatic carbocycles. The highest BCUT2D eigenvalue weighted by atomic mass is 35.5. The predicted molar refractivity (Wildman–Crippen MR) is 165 cm³/mol. The molecule has 6 rings (SSSR count). The molecule has 12 heteroatoms. The first-order valence-corrected chi connectivity index (χ1v) is 15.6. The SMILES string of the molecule is CNC(=O)c1c(-c2ccc(F)cc2)oc2cc(N(C)S(C)(=O)=O)c(-c3cccc(-c4nc5ncc(Cl)cc5s4)c3)cc12. The maximum Gasteiger partial charge on any atom is 0.255 e. The van der Waals surface area contributed by atoms with Crippen LogP contribution in [0.25, 0.3) is 54.3 Å². The van der Waals surface area contributed by atoms with Crippen molar-refractivity contribution in [2.75, 3.05) is 24.7 Å². The number of sulfonamides is 1. The lowest BCUT2D eigenvalue weighted by atomic mass is 9.97. The van der Waals surface area contributed by atoms with Crippen LogP contribution in [0.2, 0.25) is 5.02 Å². The van der Waals surface area contributed by atoms with Crippen LogP contribution in [-0.2, 0) is 10.0 Å². The summed E-state index contributed by atoms with van der Waals surface area (Å²) in [5.74, 6) is -0.593.